The number of halogens is 1. The van der Waals surface area contributed by atoms with Gasteiger partial charge in [0, 0.05) is 30.8 Å². The minimum absolute atomic E-state index is 0.226. The van der Waals surface area contributed by atoms with Crippen LogP contribution in [-0.2, 0) is 5.67 Å². The van der Waals surface area contributed by atoms with Crippen molar-refractivity contribution < 1.29 is 9.13 Å². The first-order valence-electron chi connectivity index (χ1n) is 10.6. The Morgan fingerprint density at radius 3 is 2.59 bits per heavy atom. The molecule has 0 amide bonds. The highest BCUT2D eigenvalue weighted by Gasteiger charge is 2.37. The first-order valence-corrected chi connectivity index (χ1v) is 10.6. The van der Waals surface area contributed by atoms with E-state index in [1.807, 2.05) is 18.2 Å². The standard InChI is InChI=1S/C23H26FN7O/c1-15(2)31-9-7-23(24,8-10-31)16-5-6-17(19(11-16)32-4)18-12-20(30-29-18)28-22-14-26-21(25-3)13-27-22/h5-6,11-15H,7-10H2,1-2,4H3,(H2,27,28,29,30). The van der Waals surface area contributed by atoms with Gasteiger partial charge in [0.05, 0.1) is 19.0 Å². The summed E-state index contributed by atoms with van der Waals surface area (Å²) in [5.41, 5.74) is 0.807. The van der Waals surface area contributed by atoms with Crippen LogP contribution < -0.4 is 10.1 Å². The molecule has 0 aliphatic carbocycles. The Balaban J connectivity index is 1.53. The van der Waals surface area contributed by atoms with Crippen molar-refractivity contribution in [1.29, 1.82) is 0 Å². The van der Waals surface area contributed by atoms with Crippen LogP contribution >= 0.6 is 0 Å². The summed E-state index contributed by atoms with van der Waals surface area (Å²) in [6.45, 7) is 12.7. The Hall–Kier alpha value is -3.51. The van der Waals surface area contributed by atoms with Crippen LogP contribution in [0.25, 0.3) is 16.1 Å². The zero-order valence-corrected chi connectivity index (χ0v) is 18.4. The third-order valence-electron chi connectivity index (χ3n) is 5.92. The van der Waals surface area contributed by atoms with E-state index >= 15 is 4.39 Å². The number of aromatic amines is 1. The number of piperidine rings is 1. The van der Waals surface area contributed by atoms with Crippen molar-refractivity contribution in [3.8, 4) is 17.0 Å². The second kappa shape index (κ2) is 8.93. The van der Waals surface area contributed by atoms with Crippen LogP contribution in [0.1, 0.15) is 32.3 Å². The molecule has 0 spiro atoms. The summed E-state index contributed by atoms with van der Waals surface area (Å²) in [5, 5.41) is 10.3. The smallest absolute Gasteiger partial charge is 0.288 e. The molecule has 1 aromatic carbocycles. The molecule has 0 atom stereocenters. The maximum atomic E-state index is 15.7. The number of hydrogen-bond donors (Lipinski definition) is 2. The predicted octanol–water partition coefficient (Wildman–Crippen LogP) is 4.84. The molecule has 2 N–H and O–H groups in total. The van der Waals surface area contributed by atoms with Crippen LogP contribution in [0.3, 0.4) is 0 Å². The average Bonchev–Trinajstić information content (AvgIpc) is 3.27. The molecule has 32 heavy (non-hydrogen) atoms. The molecule has 0 radical (unpaired) electrons. The molecule has 1 aliphatic heterocycles. The van der Waals surface area contributed by atoms with Gasteiger partial charge >= 0.3 is 0 Å². The van der Waals surface area contributed by atoms with Crippen LogP contribution in [0.2, 0.25) is 0 Å². The monoisotopic (exact) mass is 435 g/mol. The Morgan fingerprint density at radius 2 is 1.97 bits per heavy atom. The molecule has 1 saturated heterocycles. The molecule has 166 valence electrons. The van der Waals surface area contributed by atoms with Gasteiger partial charge in [-0.05, 0) is 44.4 Å². The van der Waals surface area contributed by atoms with Gasteiger partial charge in [-0.3, -0.25) is 5.10 Å². The maximum absolute atomic E-state index is 15.7. The van der Waals surface area contributed by atoms with Crippen molar-refractivity contribution in [3.63, 3.8) is 0 Å². The second-order valence-electron chi connectivity index (χ2n) is 8.17. The zero-order valence-electron chi connectivity index (χ0n) is 18.4. The van der Waals surface area contributed by atoms with E-state index in [0.29, 0.717) is 41.8 Å². The Morgan fingerprint density at radius 1 is 1.19 bits per heavy atom. The lowest BCUT2D eigenvalue weighted by Gasteiger charge is -2.38. The number of anilines is 2. The lowest BCUT2D eigenvalue weighted by molar-refractivity contribution is 0.0425. The number of ether oxygens (including phenoxy) is 1. The molecule has 0 unspecified atom stereocenters. The normalized spacial score (nSPS) is 16.0. The minimum Gasteiger partial charge on any atom is -0.496 e. The van der Waals surface area contributed by atoms with Crippen LogP contribution in [0.15, 0.2) is 36.7 Å². The molecular formula is C23H26FN7O. The van der Waals surface area contributed by atoms with E-state index in [2.05, 4.69) is 49.1 Å². The highest BCUT2D eigenvalue weighted by atomic mass is 19.1. The number of nitrogens with zero attached hydrogens (tertiary/aromatic N) is 5. The fraction of sp³-hybridized carbons (Fsp3) is 0.391. The SMILES string of the molecule is [C-]#[N+]c1cnc(Nc2cc(-c3ccc(C4(F)CCN(C(C)C)CC4)cc3OC)[nH]n2)cn1. The van der Waals surface area contributed by atoms with Crippen LogP contribution in [0, 0.1) is 6.57 Å². The Kier molecular flexibility index (Phi) is 6.06. The summed E-state index contributed by atoms with van der Waals surface area (Å²) in [5.74, 6) is 1.83. The van der Waals surface area contributed by atoms with E-state index in [-0.39, 0.29) is 5.82 Å². The van der Waals surface area contributed by atoms with Crippen LogP contribution in [0.4, 0.5) is 21.8 Å². The Bertz CT molecular complexity index is 1110. The molecular weight excluding hydrogens is 409 g/mol. The number of hydrogen-bond acceptors (Lipinski definition) is 6. The van der Waals surface area contributed by atoms with Gasteiger partial charge < -0.3 is 19.8 Å². The van der Waals surface area contributed by atoms with E-state index in [0.717, 1.165) is 24.3 Å². The lowest BCUT2D eigenvalue weighted by atomic mass is 9.85. The number of likely N-dealkylation sites (tertiary alicyclic amines) is 1. The third-order valence-corrected chi connectivity index (χ3v) is 5.92. The fourth-order valence-corrected chi connectivity index (χ4v) is 3.97. The number of nitrogens with one attached hydrogen (secondary N) is 2. The van der Waals surface area contributed by atoms with E-state index in [9.17, 15) is 0 Å². The molecule has 4 rings (SSSR count). The highest BCUT2D eigenvalue weighted by molar-refractivity contribution is 5.71. The van der Waals surface area contributed by atoms with E-state index < -0.39 is 5.67 Å². The van der Waals surface area contributed by atoms with Gasteiger partial charge in [0.25, 0.3) is 5.82 Å². The largest absolute Gasteiger partial charge is 0.496 e. The number of benzene rings is 1. The molecule has 3 heterocycles. The summed E-state index contributed by atoms with van der Waals surface area (Å²) in [6.07, 6.45) is 3.81. The highest BCUT2D eigenvalue weighted by Crippen LogP contribution is 2.41. The van der Waals surface area contributed by atoms with Crippen LogP contribution in [-0.4, -0.2) is 51.3 Å². The van der Waals surface area contributed by atoms with Crippen molar-refractivity contribution in [3.05, 3.63) is 53.6 Å². The minimum atomic E-state index is -1.35. The summed E-state index contributed by atoms with van der Waals surface area (Å²) in [4.78, 5) is 13.7. The zero-order chi connectivity index (χ0) is 22.7. The molecule has 0 bridgehead atoms. The maximum Gasteiger partial charge on any atom is 0.288 e. The van der Waals surface area contributed by atoms with Gasteiger partial charge in [0.2, 0.25) is 0 Å². The molecule has 1 aliphatic rings. The van der Waals surface area contributed by atoms with Crippen molar-refractivity contribution in [2.45, 2.75) is 38.4 Å². The number of alkyl halides is 1. The summed E-state index contributed by atoms with van der Waals surface area (Å²) in [6, 6.07) is 7.74. The first-order chi connectivity index (χ1) is 15.4. The van der Waals surface area contributed by atoms with Gasteiger partial charge in [-0.2, -0.15) is 5.10 Å². The Labute approximate surface area is 186 Å². The van der Waals surface area contributed by atoms with E-state index in [4.69, 9.17) is 11.3 Å². The first kappa shape index (κ1) is 21.7. The summed E-state index contributed by atoms with van der Waals surface area (Å²) < 4.78 is 21.3. The molecule has 0 saturated carbocycles. The molecule has 2 aromatic heterocycles. The molecule has 8 nitrogen and oxygen atoms in total. The topological polar surface area (TPSA) is 83.3 Å². The predicted molar refractivity (Wildman–Crippen MR) is 121 cm³/mol. The van der Waals surface area contributed by atoms with E-state index in [1.165, 1.54) is 12.4 Å². The van der Waals surface area contributed by atoms with Crippen molar-refractivity contribution in [2.24, 2.45) is 0 Å². The fourth-order valence-electron chi connectivity index (χ4n) is 3.97. The number of rotatable bonds is 6. The number of H-pyrrole nitrogens is 1. The lowest BCUT2D eigenvalue weighted by Crippen LogP contribution is -2.43. The number of methoxy groups -OCH3 is 1. The van der Waals surface area contributed by atoms with Gasteiger partial charge in [-0.25, -0.2) is 9.37 Å². The van der Waals surface area contributed by atoms with Gasteiger partial charge in [0.1, 0.15) is 11.4 Å². The molecule has 3 aromatic rings. The second-order valence-corrected chi connectivity index (χ2v) is 8.17. The summed E-state index contributed by atoms with van der Waals surface area (Å²) >= 11 is 0. The summed E-state index contributed by atoms with van der Waals surface area (Å²) in [7, 11) is 1.58. The number of aromatic nitrogens is 4. The third kappa shape index (κ3) is 4.41. The van der Waals surface area contributed by atoms with Gasteiger partial charge in [0.15, 0.2) is 17.8 Å². The van der Waals surface area contributed by atoms with Crippen LogP contribution in [0.5, 0.6) is 5.75 Å². The van der Waals surface area contributed by atoms with Gasteiger partial charge in [-0.15, -0.1) is 4.98 Å². The average molecular weight is 436 g/mol. The van der Waals surface area contributed by atoms with Crippen molar-refractivity contribution in [2.75, 3.05) is 25.5 Å². The van der Waals surface area contributed by atoms with Crippen molar-refractivity contribution in [1.82, 2.24) is 25.1 Å². The van der Waals surface area contributed by atoms with E-state index in [1.54, 1.807) is 13.2 Å². The molecule has 1 fully saturated rings. The van der Waals surface area contributed by atoms with Gasteiger partial charge in [-0.1, -0.05) is 12.6 Å². The molecule has 9 heteroatoms. The van der Waals surface area contributed by atoms with Crippen molar-refractivity contribution >= 4 is 17.5 Å². The quantitative estimate of drug-likeness (QED) is 0.539.